The number of hydrogen-bond acceptors (Lipinski definition) is 7. The first-order valence-corrected chi connectivity index (χ1v) is 13.1. The minimum Gasteiger partial charge on any atom is -0.505 e. The van der Waals surface area contributed by atoms with Crippen LogP contribution in [0.1, 0.15) is 11.1 Å². The Balaban J connectivity index is 1.31. The summed E-state index contributed by atoms with van der Waals surface area (Å²) in [6.45, 7) is 0. The van der Waals surface area contributed by atoms with Crippen molar-refractivity contribution in [3.63, 3.8) is 0 Å². The van der Waals surface area contributed by atoms with Crippen molar-refractivity contribution in [3.8, 4) is 5.75 Å². The summed E-state index contributed by atoms with van der Waals surface area (Å²) in [7, 11) is -4.41. The molecule has 0 amide bonds. The molecule has 5 aromatic rings. The van der Waals surface area contributed by atoms with Crippen LogP contribution >= 0.6 is 0 Å². The molecule has 0 saturated carbocycles. The molecule has 0 radical (unpaired) electrons. The summed E-state index contributed by atoms with van der Waals surface area (Å²) in [5, 5.41) is 28.8. The molecule has 188 valence electrons. The predicted molar refractivity (Wildman–Crippen MR) is 146 cm³/mol. The van der Waals surface area contributed by atoms with Crippen molar-refractivity contribution in [3.05, 3.63) is 120 Å². The lowest BCUT2D eigenvalue weighted by Crippen LogP contribution is -1.97. The molecule has 0 unspecified atom stereocenters. The summed E-state index contributed by atoms with van der Waals surface area (Å²) in [4.78, 5) is -0.322. The quantitative estimate of drug-likeness (QED) is 0.165. The van der Waals surface area contributed by atoms with E-state index in [-0.39, 0.29) is 16.3 Å². The molecular formula is C29H22N4O4S. The topological polar surface area (TPSA) is 124 Å². The number of phenolic OH excluding ortho intramolecular Hbond substituents is 1. The molecule has 5 rings (SSSR count). The molecule has 0 aliphatic rings. The van der Waals surface area contributed by atoms with Crippen molar-refractivity contribution >= 4 is 43.6 Å². The second-order valence-electron chi connectivity index (χ2n) is 8.51. The van der Waals surface area contributed by atoms with E-state index in [1.807, 2.05) is 36.4 Å². The van der Waals surface area contributed by atoms with Gasteiger partial charge in [-0.2, -0.15) is 18.6 Å². The van der Waals surface area contributed by atoms with E-state index in [0.717, 1.165) is 17.4 Å². The molecule has 38 heavy (non-hydrogen) atoms. The third-order valence-electron chi connectivity index (χ3n) is 5.82. The van der Waals surface area contributed by atoms with Crippen LogP contribution < -0.4 is 0 Å². The normalized spacial score (nSPS) is 12.0. The molecule has 0 spiro atoms. The van der Waals surface area contributed by atoms with Gasteiger partial charge >= 0.3 is 0 Å². The summed E-state index contributed by atoms with van der Waals surface area (Å²) >= 11 is 0. The molecule has 2 N–H and O–H groups in total. The zero-order valence-corrected chi connectivity index (χ0v) is 20.8. The molecule has 0 fully saturated rings. The van der Waals surface area contributed by atoms with Crippen LogP contribution in [-0.4, -0.2) is 18.1 Å². The molecule has 8 nitrogen and oxygen atoms in total. The van der Waals surface area contributed by atoms with Gasteiger partial charge in [-0.15, -0.1) is 10.2 Å². The first kappa shape index (κ1) is 24.9. The maximum Gasteiger partial charge on any atom is 0.296 e. The van der Waals surface area contributed by atoms with Gasteiger partial charge in [0.2, 0.25) is 0 Å². The molecule has 0 bridgehead atoms. The fourth-order valence-corrected chi connectivity index (χ4v) is 4.56. The number of azo groups is 2. The number of fused-ring (bicyclic) bond motifs is 1. The monoisotopic (exact) mass is 522 g/mol. The Labute approximate surface area is 219 Å². The van der Waals surface area contributed by atoms with Crippen LogP contribution in [-0.2, 0) is 16.5 Å². The number of phenols is 1. The Morgan fingerprint density at radius 2 is 1.24 bits per heavy atom. The smallest absolute Gasteiger partial charge is 0.296 e. The van der Waals surface area contributed by atoms with E-state index in [1.54, 1.807) is 36.4 Å². The van der Waals surface area contributed by atoms with E-state index in [2.05, 4.69) is 38.7 Å². The minimum absolute atomic E-state index is 0.0257. The molecule has 0 saturated heterocycles. The first-order valence-electron chi connectivity index (χ1n) is 11.7. The van der Waals surface area contributed by atoms with Crippen molar-refractivity contribution in [2.24, 2.45) is 20.5 Å². The highest BCUT2D eigenvalue weighted by Crippen LogP contribution is 2.36. The summed E-state index contributed by atoms with van der Waals surface area (Å²) in [5.41, 5.74) is 3.72. The van der Waals surface area contributed by atoms with Crippen LogP contribution in [0.4, 0.5) is 22.7 Å². The van der Waals surface area contributed by atoms with E-state index in [0.29, 0.717) is 22.4 Å². The summed E-state index contributed by atoms with van der Waals surface area (Å²) in [6.07, 6.45) is 0.807. The Morgan fingerprint density at radius 3 is 1.92 bits per heavy atom. The molecule has 0 heterocycles. The van der Waals surface area contributed by atoms with Crippen LogP contribution in [0.2, 0.25) is 0 Å². The number of hydrogen-bond donors (Lipinski definition) is 2. The van der Waals surface area contributed by atoms with Crippen LogP contribution in [0, 0.1) is 0 Å². The van der Waals surface area contributed by atoms with E-state index in [1.165, 1.54) is 23.8 Å². The fourth-order valence-electron chi connectivity index (χ4n) is 3.94. The fraction of sp³-hybridized carbons (Fsp3) is 0.0345. The molecule has 0 aliphatic carbocycles. The minimum atomic E-state index is -4.41. The lowest BCUT2D eigenvalue weighted by molar-refractivity contribution is 0.482. The SMILES string of the molecule is O=S(=O)(O)c1ccccc1N=Nc1ccc(N=Nc2ccc3cc(Cc4ccccc4)ccc3c2O)cc1. The Hall–Kier alpha value is -4.73. The third-order valence-corrected chi connectivity index (χ3v) is 6.73. The standard InChI is InChI=1S/C29H22N4O4S/c34-29-25-16-10-21(18-20-6-2-1-3-7-20)19-22(25)11-17-27(29)33-31-24-14-12-23(13-15-24)30-32-26-8-4-5-9-28(26)38(35,36)37/h1-17,19,34H,18H2,(H,35,36,37). The summed E-state index contributed by atoms with van der Waals surface area (Å²) in [6, 6.07) is 32.2. The second-order valence-corrected chi connectivity index (χ2v) is 9.90. The number of aromatic hydroxyl groups is 1. The lowest BCUT2D eigenvalue weighted by atomic mass is 10.0. The van der Waals surface area contributed by atoms with Gasteiger partial charge in [-0.05, 0) is 65.4 Å². The average Bonchev–Trinajstić information content (AvgIpc) is 2.92. The molecular weight excluding hydrogens is 500 g/mol. The second kappa shape index (κ2) is 10.7. The van der Waals surface area contributed by atoms with Gasteiger partial charge in [0.15, 0.2) is 5.75 Å². The largest absolute Gasteiger partial charge is 0.505 e. The Morgan fingerprint density at radius 1 is 0.605 bits per heavy atom. The van der Waals surface area contributed by atoms with Gasteiger partial charge in [-0.25, -0.2) is 0 Å². The van der Waals surface area contributed by atoms with Crippen molar-refractivity contribution < 1.29 is 18.1 Å². The molecule has 9 heteroatoms. The maximum absolute atomic E-state index is 11.5. The van der Waals surface area contributed by atoms with Crippen molar-refractivity contribution in [1.82, 2.24) is 0 Å². The van der Waals surface area contributed by atoms with Gasteiger partial charge in [0.25, 0.3) is 10.1 Å². The third kappa shape index (κ3) is 5.80. The van der Waals surface area contributed by atoms with Gasteiger partial charge in [0.05, 0.1) is 11.4 Å². The Kier molecular flexibility index (Phi) is 7.03. The molecule has 5 aromatic carbocycles. The van der Waals surface area contributed by atoms with Gasteiger partial charge in [-0.3, -0.25) is 4.55 Å². The molecule has 0 aliphatic heterocycles. The van der Waals surface area contributed by atoms with Crippen molar-refractivity contribution in [1.29, 1.82) is 0 Å². The highest BCUT2D eigenvalue weighted by molar-refractivity contribution is 7.86. The van der Waals surface area contributed by atoms with E-state index in [4.69, 9.17) is 0 Å². The van der Waals surface area contributed by atoms with Crippen LogP contribution in [0.15, 0.2) is 135 Å². The van der Waals surface area contributed by atoms with Gasteiger partial charge < -0.3 is 5.11 Å². The molecule has 0 atom stereocenters. The van der Waals surface area contributed by atoms with E-state index in [9.17, 15) is 18.1 Å². The number of rotatable bonds is 7. The zero-order valence-electron chi connectivity index (χ0n) is 20.0. The number of benzene rings is 5. The van der Waals surface area contributed by atoms with Crippen molar-refractivity contribution in [2.45, 2.75) is 11.3 Å². The van der Waals surface area contributed by atoms with E-state index < -0.39 is 10.1 Å². The van der Waals surface area contributed by atoms with E-state index >= 15 is 0 Å². The Bertz CT molecular complexity index is 1770. The highest BCUT2D eigenvalue weighted by Gasteiger charge is 2.14. The van der Waals surface area contributed by atoms with Gasteiger partial charge in [0.1, 0.15) is 16.3 Å². The van der Waals surface area contributed by atoms with Crippen molar-refractivity contribution in [2.75, 3.05) is 0 Å². The van der Waals surface area contributed by atoms with Crippen LogP contribution in [0.3, 0.4) is 0 Å². The van der Waals surface area contributed by atoms with Gasteiger partial charge in [-0.1, -0.05) is 66.7 Å². The average molecular weight is 523 g/mol. The van der Waals surface area contributed by atoms with Crippen LogP contribution in [0.5, 0.6) is 5.75 Å². The lowest BCUT2D eigenvalue weighted by Gasteiger charge is -2.07. The number of nitrogens with zero attached hydrogens (tertiary/aromatic N) is 4. The van der Waals surface area contributed by atoms with Gasteiger partial charge in [0, 0.05) is 5.39 Å². The highest BCUT2D eigenvalue weighted by atomic mass is 32.2. The zero-order chi connectivity index (χ0) is 26.5. The first-order chi connectivity index (χ1) is 18.4. The molecule has 0 aromatic heterocycles. The summed E-state index contributed by atoms with van der Waals surface area (Å²) in [5.74, 6) is 0.0560. The van der Waals surface area contributed by atoms with Crippen LogP contribution in [0.25, 0.3) is 10.8 Å². The maximum atomic E-state index is 11.5. The summed E-state index contributed by atoms with van der Waals surface area (Å²) < 4.78 is 32.3. The predicted octanol–water partition coefficient (Wildman–Crippen LogP) is 8.21.